The van der Waals surface area contributed by atoms with Crippen molar-refractivity contribution in [1.29, 1.82) is 0 Å². The molecule has 3 heterocycles. The first-order valence-electron chi connectivity index (χ1n) is 11.2. The quantitative estimate of drug-likeness (QED) is 0.524. The van der Waals surface area contributed by atoms with E-state index in [0.29, 0.717) is 12.2 Å². The van der Waals surface area contributed by atoms with Crippen molar-refractivity contribution in [2.75, 3.05) is 13.2 Å². The second-order valence-corrected chi connectivity index (χ2v) is 9.30. The van der Waals surface area contributed by atoms with Gasteiger partial charge in [0, 0.05) is 31.3 Å². The molecule has 0 N–H and O–H groups in total. The molecule has 0 aromatic heterocycles. The van der Waals surface area contributed by atoms with Crippen molar-refractivity contribution in [2.45, 2.75) is 107 Å². The Morgan fingerprint density at radius 3 is 2.28 bits per heavy atom. The van der Waals surface area contributed by atoms with Gasteiger partial charge in [-0.3, -0.25) is 0 Å². The van der Waals surface area contributed by atoms with E-state index in [-0.39, 0.29) is 18.8 Å². The summed E-state index contributed by atoms with van der Waals surface area (Å²) in [6.07, 6.45) is 9.15. The standard InChI is InChI=1S/C22H32O7/c1-15(2)19(23)24-14-22-18(28-21(29-22)11-7-4-8-12-21)17-16(13-25-22)26-20(27-17)9-5-3-6-10-20/h16-18H,1,3-14H2,2H3/t16-,17-,18+,22-/m1/s1. The molecule has 29 heavy (non-hydrogen) atoms. The summed E-state index contributed by atoms with van der Waals surface area (Å²) in [5, 5.41) is 0. The van der Waals surface area contributed by atoms with Crippen molar-refractivity contribution in [3.63, 3.8) is 0 Å². The molecule has 2 aliphatic carbocycles. The molecule has 4 atom stereocenters. The molecular weight excluding hydrogens is 376 g/mol. The third-order valence-corrected chi connectivity index (χ3v) is 6.99. The summed E-state index contributed by atoms with van der Waals surface area (Å²) in [6.45, 7) is 5.60. The summed E-state index contributed by atoms with van der Waals surface area (Å²) in [5.41, 5.74) is 0.347. The fourth-order valence-corrected chi connectivity index (χ4v) is 5.53. The lowest BCUT2D eigenvalue weighted by Gasteiger charge is -2.40. The van der Waals surface area contributed by atoms with Gasteiger partial charge in [0.2, 0.25) is 5.79 Å². The van der Waals surface area contributed by atoms with Gasteiger partial charge in [0.1, 0.15) is 24.9 Å². The SMILES string of the molecule is C=C(C)C(=O)OC[C@]12OC[C@H]3OC4(CCCCC4)O[C@H]3[C@@H]1OC1(CCCCC1)O2. The Morgan fingerprint density at radius 2 is 1.62 bits per heavy atom. The lowest BCUT2D eigenvalue weighted by molar-refractivity contribution is -0.304. The van der Waals surface area contributed by atoms with Crippen LogP contribution in [0, 0.1) is 0 Å². The Kier molecular flexibility index (Phi) is 5.02. The zero-order chi connectivity index (χ0) is 20.1. The molecule has 3 aliphatic heterocycles. The van der Waals surface area contributed by atoms with Crippen molar-refractivity contribution in [1.82, 2.24) is 0 Å². The summed E-state index contributed by atoms with van der Waals surface area (Å²) >= 11 is 0. The van der Waals surface area contributed by atoms with E-state index < -0.39 is 29.4 Å². The smallest absolute Gasteiger partial charge is 0.333 e. The Hall–Kier alpha value is -0.990. The van der Waals surface area contributed by atoms with Gasteiger partial charge >= 0.3 is 5.97 Å². The number of esters is 1. The van der Waals surface area contributed by atoms with E-state index in [1.165, 1.54) is 12.8 Å². The van der Waals surface area contributed by atoms with Crippen molar-refractivity contribution >= 4 is 5.97 Å². The van der Waals surface area contributed by atoms with Gasteiger partial charge in [-0.1, -0.05) is 19.4 Å². The molecule has 5 rings (SSSR count). The van der Waals surface area contributed by atoms with Gasteiger partial charge in [0.25, 0.3) is 0 Å². The lowest BCUT2D eigenvalue weighted by Crippen LogP contribution is -2.60. The van der Waals surface area contributed by atoms with Crippen molar-refractivity contribution in [2.24, 2.45) is 0 Å². The van der Waals surface area contributed by atoms with E-state index in [1.807, 2.05) is 0 Å². The number of fused-ring (bicyclic) bond motifs is 3. The monoisotopic (exact) mass is 408 g/mol. The van der Waals surface area contributed by atoms with Gasteiger partial charge in [0.15, 0.2) is 11.6 Å². The average Bonchev–Trinajstić information content (AvgIpc) is 3.22. The summed E-state index contributed by atoms with van der Waals surface area (Å²) in [5.74, 6) is -2.84. The first kappa shape index (κ1) is 19.9. The molecule has 162 valence electrons. The minimum Gasteiger partial charge on any atom is -0.456 e. The lowest BCUT2D eigenvalue weighted by atomic mass is 9.94. The highest BCUT2D eigenvalue weighted by atomic mass is 16.9. The molecule has 0 bridgehead atoms. The molecule has 5 fully saturated rings. The number of rotatable bonds is 3. The summed E-state index contributed by atoms with van der Waals surface area (Å²) in [7, 11) is 0. The maximum Gasteiger partial charge on any atom is 0.333 e. The maximum atomic E-state index is 12.1. The van der Waals surface area contributed by atoms with Gasteiger partial charge in [-0.25, -0.2) is 4.79 Å². The topological polar surface area (TPSA) is 72.5 Å². The summed E-state index contributed by atoms with van der Waals surface area (Å²) < 4.78 is 37.8. The first-order valence-corrected chi connectivity index (χ1v) is 11.2. The van der Waals surface area contributed by atoms with E-state index in [4.69, 9.17) is 28.4 Å². The van der Waals surface area contributed by atoms with E-state index in [2.05, 4.69) is 6.58 Å². The largest absolute Gasteiger partial charge is 0.456 e. The van der Waals surface area contributed by atoms with E-state index in [1.54, 1.807) is 6.92 Å². The van der Waals surface area contributed by atoms with Gasteiger partial charge in [0.05, 0.1) is 6.61 Å². The highest BCUT2D eigenvalue weighted by Crippen LogP contribution is 2.53. The molecule has 0 radical (unpaired) electrons. The van der Waals surface area contributed by atoms with Gasteiger partial charge in [-0.05, 0) is 32.6 Å². The van der Waals surface area contributed by atoms with Crippen LogP contribution in [0.5, 0.6) is 0 Å². The predicted octanol–water partition coefficient (Wildman–Crippen LogP) is 3.35. The Morgan fingerprint density at radius 1 is 0.966 bits per heavy atom. The molecular formula is C22H32O7. The van der Waals surface area contributed by atoms with Crippen LogP contribution in [-0.4, -0.2) is 54.9 Å². The van der Waals surface area contributed by atoms with Crippen LogP contribution in [-0.2, 0) is 33.2 Å². The number of carbonyl (C=O) groups excluding carboxylic acids is 1. The zero-order valence-corrected chi connectivity index (χ0v) is 17.3. The van der Waals surface area contributed by atoms with Crippen LogP contribution in [0.25, 0.3) is 0 Å². The molecule has 0 aromatic rings. The minimum absolute atomic E-state index is 0.0370. The number of hydrogen-bond acceptors (Lipinski definition) is 7. The second-order valence-electron chi connectivity index (χ2n) is 9.30. The molecule has 0 amide bonds. The van der Waals surface area contributed by atoms with Crippen LogP contribution in [0.1, 0.15) is 71.1 Å². The number of ether oxygens (including phenoxy) is 6. The molecule has 3 saturated heterocycles. The highest BCUT2D eigenvalue weighted by Gasteiger charge is 2.68. The number of carbonyl (C=O) groups is 1. The highest BCUT2D eigenvalue weighted by molar-refractivity contribution is 5.86. The molecule has 2 saturated carbocycles. The Labute approximate surface area is 172 Å². The van der Waals surface area contributed by atoms with E-state index >= 15 is 0 Å². The number of hydrogen-bond donors (Lipinski definition) is 0. The zero-order valence-electron chi connectivity index (χ0n) is 17.3. The van der Waals surface area contributed by atoms with Gasteiger partial charge in [-0.2, -0.15) is 0 Å². The minimum atomic E-state index is -1.16. The van der Waals surface area contributed by atoms with Crippen LogP contribution < -0.4 is 0 Å². The third kappa shape index (κ3) is 3.45. The second kappa shape index (κ2) is 7.31. The van der Waals surface area contributed by atoms with Crippen molar-refractivity contribution in [3.8, 4) is 0 Å². The average molecular weight is 408 g/mol. The van der Waals surface area contributed by atoms with Crippen molar-refractivity contribution < 1.29 is 33.2 Å². The maximum absolute atomic E-state index is 12.1. The summed E-state index contributed by atoms with van der Waals surface area (Å²) in [6, 6.07) is 0. The Balaban J connectivity index is 1.40. The van der Waals surface area contributed by atoms with Crippen molar-refractivity contribution in [3.05, 3.63) is 12.2 Å². The van der Waals surface area contributed by atoms with Crippen LogP contribution >= 0.6 is 0 Å². The fraction of sp³-hybridized carbons (Fsp3) is 0.864. The molecule has 0 unspecified atom stereocenters. The van der Waals surface area contributed by atoms with E-state index in [9.17, 15) is 4.79 Å². The van der Waals surface area contributed by atoms with Crippen LogP contribution in [0.3, 0.4) is 0 Å². The van der Waals surface area contributed by atoms with Gasteiger partial charge in [-0.15, -0.1) is 0 Å². The first-order chi connectivity index (χ1) is 14.0. The molecule has 0 aromatic carbocycles. The van der Waals surface area contributed by atoms with Crippen LogP contribution in [0.2, 0.25) is 0 Å². The molecule has 5 aliphatic rings. The molecule has 7 nitrogen and oxygen atoms in total. The Bertz CT molecular complexity index is 664. The third-order valence-electron chi connectivity index (χ3n) is 6.99. The van der Waals surface area contributed by atoms with Gasteiger partial charge < -0.3 is 28.4 Å². The summed E-state index contributed by atoms with van der Waals surface area (Å²) in [4.78, 5) is 12.1. The molecule has 7 heteroatoms. The normalized spacial score (nSPS) is 39.8. The van der Waals surface area contributed by atoms with Crippen LogP contribution in [0.4, 0.5) is 0 Å². The molecule has 2 spiro atoms. The predicted molar refractivity (Wildman–Crippen MR) is 102 cm³/mol. The van der Waals surface area contributed by atoms with Crippen LogP contribution in [0.15, 0.2) is 12.2 Å². The van der Waals surface area contributed by atoms with E-state index in [0.717, 1.165) is 51.4 Å². The fourth-order valence-electron chi connectivity index (χ4n) is 5.53.